The molecule has 1 aliphatic carbocycles. The molecule has 4 nitrogen and oxygen atoms in total. The van der Waals surface area contributed by atoms with Gasteiger partial charge in [-0.1, -0.05) is 43.2 Å². The van der Waals surface area contributed by atoms with Crippen LogP contribution >= 0.6 is 0 Å². The van der Waals surface area contributed by atoms with Gasteiger partial charge >= 0.3 is 0 Å². The summed E-state index contributed by atoms with van der Waals surface area (Å²) >= 11 is 0. The van der Waals surface area contributed by atoms with Crippen molar-refractivity contribution in [3.8, 4) is 0 Å². The predicted octanol–water partition coefficient (Wildman–Crippen LogP) is 2.67. The minimum absolute atomic E-state index is 0.0832. The Morgan fingerprint density at radius 2 is 1.77 bits per heavy atom. The lowest BCUT2D eigenvalue weighted by molar-refractivity contribution is 0.115. The molecule has 0 saturated heterocycles. The van der Waals surface area contributed by atoms with Crippen LogP contribution in [0.4, 0.5) is 0 Å². The summed E-state index contributed by atoms with van der Waals surface area (Å²) in [5.41, 5.74) is 0. The van der Waals surface area contributed by atoms with Gasteiger partial charge in [0, 0.05) is 6.54 Å². The summed E-state index contributed by atoms with van der Waals surface area (Å²) in [5, 5.41) is 12.0. The van der Waals surface area contributed by atoms with Crippen LogP contribution in [0.1, 0.15) is 25.7 Å². The highest BCUT2D eigenvalue weighted by Gasteiger charge is 2.25. The molecule has 0 bridgehead atoms. The van der Waals surface area contributed by atoms with Crippen molar-refractivity contribution in [2.24, 2.45) is 5.92 Å². The van der Waals surface area contributed by atoms with Gasteiger partial charge in [0.05, 0.1) is 11.0 Å². The lowest BCUT2D eigenvalue weighted by Gasteiger charge is -2.18. The van der Waals surface area contributed by atoms with E-state index < -0.39 is 16.1 Å². The largest absolute Gasteiger partial charge is 0.391 e. The Kier molecular flexibility index (Phi) is 4.47. The highest BCUT2D eigenvalue weighted by atomic mass is 32.2. The Bertz CT molecular complexity index is 751. The van der Waals surface area contributed by atoms with E-state index >= 15 is 0 Å². The highest BCUT2D eigenvalue weighted by Crippen LogP contribution is 2.27. The van der Waals surface area contributed by atoms with Crippen molar-refractivity contribution in [3.05, 3.63) is 42.5 Å². The Morgan fingerprint density at radius 1 is 1.09 bits per heavy atom. The Hall–Kier alpha value is -1.43. The number of hydrogen-bond donors (Lipinski definition) is 2. The second-order valence-corrected chi connectivity index (χ2v) is 7.74. The maximum atomic E-state index is 12.4. The van der Waals surface area contributed by atoms with E-state index in [-0.39, 0.29) is 17.4 Å². The third-order valence-corrected chi connectivity index (χ3v) is 5.88. The van der Waals surface area contributed by atoms with Gasteiger partial charge in [-0.25, -0.2) is 13.1 Å². The normalized spacial score (nSPS) is 17.9. The molecule has 0 spiro atoms. The molecule has 0 aliphatic heterocycles. The smallest absolute Gasteiger partial charge is 0.240 e. The number of benzene rings is 2. The average molecular weight is 319 g/mol. The second-order valence-electron chi connectivity index (χ2n) is 5.97. The molecule has 1 atom stereocenters. The minimum Gasteiger partial charge on any atom is -0.391 e. The van der Waals surface area contributed by atoms with Crippen LogP contribution in [0.2, 0.25) is 0 Å². The van der Waals surface area contributed by atoms with Gasteiger partial charge in [0.25, 0.3) is 0 Å². The molecule has 2 aromatic carbocycles. The van der Waals surface area contributed by atoms with Crippen LogP contribution in [0.25, 0.3) is 10.8 Å². The molecule has 1 saturated carbocycles. The predicted molar refractivity (Wildman–Crippen MR) is 87.1 cm³/mol. The summed E-state index contributed by atoms with van der Waals surface area (Å²) in [6.07, 6.45) is 3.62. The molecule has 22 heavy (non-hydrogen) atoms. The maximum Gasteiger partial charge on any atom is 0.240 e. The summed E-state index contributed by atoms with van der Waals surface area (Å²) in [5.74, 6) is 0.222. The zero-order valence-electron chi connectivity index (χ0n) is 12.4. The quantitative estimate of drug-likeness (QED) is 0.890. The molecule has 0 aromatic heterocycles. The van der Waals surface area contributed by atoms with E-state index in [9.17, 15) is 13.5 Å². The SMILES string of the molecule is O=S(=O)(NCC(O)C1CCCC1)c1ccc2ccccc2c1. The Labute approximate surface area is 131 Å². The zero-order valence-corrected chi connectivity index (χ0v) is 13.2. The highest BCUT2D eigenvalue weighted by molar-refractivity contribution is 7.89. The lowest BCUT2D eigenvalue weighted by Crippen LogP contribution is -2.35. The second kappa shape index (κ2) is 6.36. The van der Waals surface area contributed by atoms with Crippen molar-refractivity contribution >= 4 is 20.8 Å². The van der Waals surface area contributed by atoms with Gasteiger partial charge < -0.3 is 5.11 Å². The Balaban J connectivity index is 1.73. The van der Waals surface area contributed by atoms with Crippen LogP contribution in [0.5, 0.6) is 0 Å². The first-order valence-electron chi connectivity index (χ1n) is 7.73. The van der Waals surface area contributed by atoms with Crippen molar-refractivity contribution in [2.45, 2.75) is 36.7 Å². The van der Waals surface area contributed by atoms with Crippen LogP contribution < -0.4 is 4.72 Å². The topological polar surface area (TPSA) is 66.4 Å². The standard InChI is InChI=1S/C17H21NO3S/c19-17(14-6-2-3-7-14)12-18-22(20,21)16-10-9-13-5-1-4-8-15(13)11-16/h1,4-5,8-11,14,17-19H,2-3,6-7,12H2. The number of aliphatic hydroxyl groups excluding tert-OH is 1. The molecular weight excluding hydrogens is 298 g/mol. The van der Waals surface area contributed by atoms with Crippen LogP contribution in [-0.2, 0) is 10.0 Å². The molecule has 118 valence electrons. The first-order chi connectivity index (χ1) is 10.6. The number of hydrogen-bond acceptors (Lipinski definition) is 3. The van der Waals surface area contributed by atoms with Crippen LogP contribution in [0.15, 0.2) is 47.4 Å². The number of rotatable bonds is 5. The molecule has 2 N–H and O–H groups in total. The average Bonchev–Trinajstić information content (AvgIpc) is 3.07. The van der Waals surface area contributed by atoms with Crippen molar-refractivity contribution in [1.82, 2.24) is 4.72 Å². The maximum absolute atomic E-state index is 12.4. The van der Waals surface area contributed by atoms with Crippen LogP contribution in [-0.4, -0.2) is 26.2 Å². The monoisotopic (exact) mass is 319 g/mol. The fraction of sp³-hybridized carbons (Fsp3) is 0.412. The molecular formula is C17H21NO3S. The van der Waals surface area contributed by atoms with Gasteiger partial charge in [-0.15, -0.1) is 0 Å². The molecule has 1 aliphatic rings. The molecule has 3 rings (SSSR count). The van der Waals surface area contributed by atoms with Crippen molar-refractivity contribution < 1.29 is 13.5 Å². The molecule has 0 radical (unpaired) electrons. The summed E-state index contributed by atoms with van der Waals surface area (Å²) < 4.78 is 27.3. The van der Waals surface area contributed by atoms with Crippen molar-refractivity contribution in [3.63, 3.8) is 0 Å². The third kappa shape index (κ3) is 3.32. The van der Waals surface area contributed by atoms with Gasteiger partial charge in [0.1, 0.15) is 0 Å². The fourth-order valence-corrected chi connectivity index (χ4v) is 4.21. The van der Waals surface area contributed by atoms with Gasteiger partial charge in [-0.2, -0.15) is 0 Å². The van der Waals surface area contributed by atoms with Crippen molar-refractivity contribution in [1.29, 1.82) is 0 Å². The summed E-state index contributed by atoms with van der Waals surface area (Å²) in [7, 11) is -3.59. The van der Waals surface area contributed by atoms with Gasteiger partial charge in [-0.3, -0.25) is 0 Å². The zero-order chi connectivity index (χ0) is 15.6. The molecule has 0 amide bonds. The van der Waals surface area contributed by atoms with Crippen LogP contribution in [0, 0.1) is 5.92 Å². The van der Waals surface area contributed by atoms with Gasteiger partial charge in [0.15, 0.2) is 0 Å². The fourth-order valence-electron chi connectivity index (χ4n) is 3.12. The summed E-state index contributed by atoms with van der Waals surface area (Å²) in [6.45, 7) is 0.0832. The Morgan fingerprint density at radius 3 is 2.50 bits per heavy atom. The number of aliphatic hydroxyl groups is 1. The van der Waals surface area contributed by atoms with E-state index in [4.69, 9.17) is 0 Å². The van der Waals surface area contributed by atoms with E-state index in [0.717, 1.165) is 36.5 Å². The molecule has 2 aromatic rings. The molecule has 0 heterocycles. The molecule has 1 unspecified atom stereocenters. The third-order valence-electron chi connectivity index (χ3n) is 4.46. The first-order valence-corrected chi connectivity index (χ1v) is 9.21. The lowest BCUT2D eigenvalue weighted by atomic mass is 10.0. The summed E-state index contributed by atoms with van der Waals surface area (Å²) in [4.78, 5) is 0.241. The van der Waals surface area contributed by atoms with E-state index in [2.05, 4.69) is 4.72 Å². The number of fused-ring (bicyclic) bond motifs is 1. The van der Waals surface area contributed by atoms with Gasteiger partial charge in [-0.05, 0) is 41.7 Å². The van der Waals surface area contributed by atoms with Crippen molar-refractivity contribution in [2.75, 3.05) is 6.54 Å². The summed E-state index contributed by atoms with van der Waals surface area (Å²) in [6, 6.07) is 12.7. The number of sulfonamides is 1. The minimum atomic E-state index is -3.59. The molecule has 5 heteroatoms. The number of nitrogens with one attached hydrogen (secondary N) is 1. The van der Waals surface area contributed by atoms with E-state index in [0.29, 0.717) is 0 Å². The first kappa shape index (κ1) is 15.5. The van der Waals surface area contributed by atoms with E-state index in [1.54, 1.807) is 18.2 Å². The van der Waals surface area contributed by atoms with E-state index in [1.165, 1.54) is 0 Å². The van der Waals surface area contributed by atoms with Crippen LogP contribution in [0.3, 0.4) is 0 Å². The van der Waals surface area contributed by atoms with Gasteiger partial charge in [0.2, 0.25) is 10.0 Å². The van der Waals surface area contributed by atoms with E-state index in [1.807, 2.05) is 24.3 Å². The molecule has 1 fully saturated rings.